The van der Waals surface area contributed by atoms with Crippen molar-refractivity contribution in [3.05, 3.63) is 80.5 Å². The maximum Gasteiger partial charge on any atom is 0.340 e. The Hall–Kier alpha value is -2.34. The van der Waals surface area contributed by atoms with E-state index in [4.69, 9.17) is 143 Å². The molecule has 0 radical (unpaired) electrons. The fourth-order valence-corrected chi connectivity index (χ4v) is 26.4. The van der Waals surface area contributed by atoms with Gasteiger partial charge < -0.3 is 82.8 Å². The number of imidazole rings is 4. The molecule has 2 saturated carbocycles. The molecule has 1 unspecified atom stereocenters. The number of aromatic amines is 1. The summed E-state index contributed by atoms with van der Waals surface area (Å²) in [6, 6.07) is 6.94. The van der Waals surface area contributed by atoms with Crippen LogP contribution in [0.3, 0.4) is 0 Å². The van der Waals surface area contributed by atoms with E-state index in [-0.39, 0.29) is 55.7 Å². The number of aromatic nitrogens is 12. The highest BCUT2D eigenvalue weighted by Gasteiger charge is 2.49. The van der Waals surface area contributed by atoms with Gasteiger partial charge in [-0.3, -0.25) is 18.3 Å². The molecule has 2 aliphatic carbocycles. The fraction of sp³-hybridized carbons (Fsp3) is 0.600. The summed E-state index contributed by atoms with van der Waals surface area (Å²) in [5.74, 6) is -7.77. The second-order valence-electron chi connectivity index (χ2n) is 25.9. The minimum Gasteiger partial charge on any atom is -0.394 e. The monoisotopic (exact) mass is 1860 g/mol. The molecule has 8 aromatic rings. The molecule has 600 valence electrons. The zero-order chi connectivity index (χ0) is 79.2. The lowest BCUT2D eigenvalue weighted by Gasteiger charge is -2.18. The first-order valence-electron chi connectivity index (χ1n) is 33.4. The number of hydrogen-bond donors (Lipinski definition) is 9. The van der Waals surface area contributed by atoms with Gasteiger partial charge in [-0.1, -0.05) is 139 Å². The first-order valence-corrected chi connectivity index (χ1v) is 47.5. The summed E-state index contributed by atoms with van der Waals surface area (Å²) in [4.78, 5) is 63.4. The number of fused-ring (bicyclic) bond motifs is 4. The van der Waals surface area contributed by atoms with Gasteiger partial charge in [0.1, 0.15) is 84.2 Å². The third-order valence-corrected chi connectivity index (χ3v) is 30.1. The summed E-state index contributed by atoms with van der Waals surface area (Å²) in [6.45, 7) is 6.54. The number of aliphatic hydroxyl groups is 3. The number of ether oxygens (including phenoxy) is 4. The van der Waals surface area contributed by atoms with Gasteiger partial charge in [0.15, 0.2) is 65.0 Å². The van der Waals surface area contributed by atoms with Crippen LogP contribution in [0.5, 0.6) is 0 Å². The number of nitrogens with one attached hydrogen (secondary N) is 3. The van der Waals surface area contributed by atoms with E-state index in [1.54, 1.807) is 29.1 Å². The molecule has 6 fully saturated rings. The van der Waals surface area contributed by atoms with Crippen LogP contribution in [0.2, 0.25) is 30.9 Å². The van der Waals surface area contributed by atoms with E-state index >= 15 is 0 Å². The molecule has 4 aliphatic heterocycles. The van der Waals surface area contributed by atoms with Gasteiger partial charge in [0, 0.05) is 48.2 Å². The van der Waals surface area contributed by atoms with Crippen molar-refractivity contribution < 1.29 is 89.3 Å². The van der Waals surface area contributed by atoms with Gasteiger partial charge in [-0.15, -0.1) is 0 Å². The molecule has 4 saturated heterocycles. The van der Waals surface area contributed by atoms with Crippen LogP contribution in [-0.4, -0.2) is 192 Å². The van der Waals surface area contributed by atoms with Crippen molar-refractivity contribution in [1.29, 1.82) is 0 Å². The number of H-pyrrole nitrogens is 1. The van der Waals surface area contributed by atoms with Crippen molar-refractivity contribution in [1.82, 2.24) is 58.6 Å². The minimum absolute atomic E-state index is 0.0365. The van der Waals surface area contributed by atoms with Crippen molar-refractivity contribution >= 4 is 213 Å². The third-order valence-electron chi connectivity index (χ3n) is 18.1. The van der Waals surface area contributed by atoms with Crippen LogP contribution >= 0.6 is 157 Å². The molecule has 6 aliphatic rings. The molecular formula is C60H75BrCl10F4N14O15P4. The standard InChI is InChI=1S/C17H24ClFN4O8P2.C16H20ClFN4O3.C13H14Cl2FN3O.C7H12BrFO.C6H3Cl2N3.CH2Cl4O2P2/c18-12-5-10-14(16(22-12)21-9-3-1-2-4-9)20-7-23(10)17-13(19)15(24)11(31-17)6-30-33(28,29)8-32(25,26)27;17-11-5-9-13(15(21-11)20-8-3-1-2-4-8)19-7-22(9)16-12(18)14(24)10(6-23)25-16;1-3-8-6(2)10(16)13(20-8)19-5-17-11-7(19)4-9(14)18-12(11)15;1-3-5-4(2)6(9)7(8)10-5;7-4-1-3-5(6(8)11-4)10-2-9-3;2-8(3,6)1-9(4,5)7/h5,7,9,11,13,15,17,24H,1-4,6,8H2,(H,21,22)(H,28,29)(H2,25,26,27);5,7-8,10,12,14,16,23-24H,1-4,6H2,(H,20,21);4-6,8,10,13H,3H2,1-2H3;4-7H,3H2,1-2H3;1-2H,(H,9,10);1H2/t11-,13+,15-,17-;10-,12+,14-,16-;6-,8-,10+,13-;4-,5-,6+,7+;;/m1111../s1. The molecule has 9 N–H and O–H groups in total. The Balaban J connectivity index is 0.000000159. The first kappa shape index (κ1) is 89.6. The Kier molecular flexibility index (Phi) is 32.0. The Morgan fingerprint density at radius 3 is 1.36 bits per heavy atom. The molecular weight excluding hydrogens is 1790 g/mol. The van der Waals surface area contributed by atoms with Gasteiger partial charge in [0.05, 0.1) is 72.8 Å². The maximum absolute atomic E-state index is 14.9. The van der Waals surface area contributed by atoms with Gasteiger partial charge in [0.25, 0.3) is 11.7 Å². The van der Waals surface area contributed by atoms with Crippen molar-refractivity contribution in [3.63, 3.8) is 0 Å². The predicted octanol–water partition coefficient (Wildman–Crippen LogP) is 17.5. The molecule has 12 heterocycles. The summed E-state index contributed by atoms with van der Waals surface area (Å²) >= 11 is 58.7. The molecule has 29 nitrogen and oxygen atoms in total. The van der Waals surface area contributed by atoms with Crippen molar-refractivity contribution in [2.24, 2.45) is 11.8 Å². The minimum atomic E-state index is -4.83. The van der Waals surface area contributed by atoms with Gasteiger partial charge in [-0.25, -0.2) is 57.4 Å². The van der Waals surface area contributed by atoms with Crippen LogP contribution in [0.1, 0.15) is 111 Å². The number of alkyl halides is 5. The second kappa shape index (κ2) is 38.6. The highest BCUT2D eigenvalue weighted by Crippen LogP contribution is 2.72. The lowest BCUT2D eigenvalue weighted by Crippen LogP contribution is -2.31. The largest absolute Gasteiger partial charge is 0.394 e. The van der Waals surface area contributed by atoms with E-state index < -0.39 is 120 Å². The number of pyridine rings is 4. The molecule has 108 heavy (non-hydrogen) atoms. The lowest BCUT2D eigenvalue weighted by atomic mass is 10.00. The van der Waals surface area contributed by atoms with Crippen LogP contribution < -0.4 is 10.6 Å². The van der Waals surface area contributed by atoms with Gasteiger partial charge in [0.2, 0.25) is 0 Å². The summed E-state index contributed by atoms with van der Waals surface area (Å²) in [5, 5.41) is 37.2. The number of anilines is 2. The predicted molar refractivity (Wildman–Crippen MR) is 411 cm³/mol. The Morgan fingerprint density at radius 2 is 0.954 bits per heavy atom. The smallest absolute Gasteiger partial charge is 0.340 e. The fourth-order valence-electron chi connectivity index (χ4n) is 12.8. The lowest BCUT2D eigenvalue weighted by molar-refractivity contribution is -0.0457. The Labute approximate surface area is 672 Å². The highest BCUT2D eigenvalue weighted by molar-refractivity contribution is 9.09. The molecule has 0 amide bonds. The van der Waals surface area contributed by atoms with Crippen LogP contribution in [0, 0.1) is 11.8 Å². The number of nitrogens with zero attached hydrogens (tertiary/aromatic N) is 11. The molecule has 17 atom stereocenters. The first-order chi connectivity index (χ1) is 50.7. The van der Waals surface area contributed by atoms with Crippen LogP contribution in [0.25, 0.3) is 44.1 Å². The Morgan fingerprint density at radius 1 is 0.556 bits per heavy atom. The van der Waals surface area contributed by atoms with Crippen molar-refractivity contribution in [2.75, 3.05) is 35.7 Å². The maximum atomic E-state index is 14.9. The van der Waals surface area contributed by atoms with Gasteiger partial charge in [-0.05, 0) is 83.5 Å². The normalized spacial score (nSPS) is 28.0. The molecule has 0 aromatic carbocycles. The zero-order valence-electron chi connectivity index (χ0n) is 57.1. The molecule has 48 heteroatoms. The van der Waals surface area contributed by atoms with Crippen LogP contribution in [0.15, 0.2) is 49.6 Å². The third kappa shape index (κ3) is 23.3. The summed E-state index contributed by atoms with van der Waals surface area (Å²) < 4.78 is 132. The number of rotatable bonds is 17. The average Bonchev–Trinajstić information content (AvgIpc) is 1.62. The molecule has 8 aromatic heterocycles. The number of halogens is 15. The Bertz CT molecular complexity index is 4560. The van der Waals surface area contributed by atoms with Crippen LogP contribution in [0.4, 0.5) is 29.2 Å². The van der Waals surface area contributed by atoms with E-state index in [2.05, 4.69) is 75.9 Å². The van der Waals surface area contributed by atoms with E-state index in [0.717, 1.165) is 56.9 Å². The van der Waals surface area contributed by atoms with Crippen molar-refractivity contribution in [3.8, 4) is 0 Å². The van der Waals surface area contributed by atoms with Gasteiger partial charge in [-0.2, -0.15) is 0 Å². The van der Waals surface area contributed by atoms with E-state index in [0.29, 0.717) is 66.6 Å². The zero-order valence-corrected chi connectivity index (χ0v) is 69.9. The van der Waals surface area contributed by atoms with Crippen LogP contribution in [-0.2, 0) is 41.7 Å². The summed E-state index contributed by atoms with van der Waals surface area (Å²) in [6.07, 6.45) is 2.04. The summed E-state index contributed by atoms with van der Waals surface area (Å²) in [5.41, 5.74) is 4.58. The molecule has 14 rings (SSSR count). The second-order valence-corrected chi connectivity index (χ2v) is 44.0. The highest BCUT2D eigenvalue weighted by atomic mass is 79.9. The number of aliphatic hydroxyl groups excluding tert-OH is 3. The van der Waals surface area contributed by atoms with Crippen molar-refractivity contribution in [2.45, 2.75) is 189 Å². The van der Waals surface area contributed by atoms with E-state index in [1.807, 2.05) is 27.7 Å². The molecule has 0 bridgehead atoms. The topological polar surface area (TPSA) is 394 Å². The SMILES string of the molecule is CC[C@H]1O[C@@H](n2cnc3c(Cl)nc(Cl)cc32)[C@@H](F)[C@@H]1C.CC[C@H]1O[C@H](Br)[C@@H](F)[C@@H]1C.Clc1cc2[nH]cnc2c(Cl)n1.O=P(Cl)(Cl)CP(=O)(Cl)Cl.O=P(O)(O)CP(=O)(O)OC[C@H]1O[C@@H](n2cnc3c(NC4CCCC4)nc(Cl)cc32)[C@@H](F)[C@@H]1O.OC[C@H]1O[C@@H](n2cnc3c(NC4CCCC4)nc(Cl)cc32)[C@@H](F)[C@@H]1O. The van der Waals surface area contributed by atoms with Gasteiger partial charge >= 0.3 is 15.2 Å². The average molecular weight is 1870 g/mol. The number of hydrogen-bond acceptors (Lipinski definition) is 22. The quantitative estimate of drug-likeness (QED) is 0.0177. The van der Waals surface area contributed by atoms with E-state index in [9.17, 15) is 56.0 Å². The molecule has 0 spiro atoms. The summed E-state index contributed by atoms with van der Waals surface area (Å²) in [7, 11) is -9.52. The van der Waals surface area contributed by atoms with E-state index in [1.165, 1.54) is 47.0 Å².